The fourth-order valence-electron chi connectivity index (χ4n) is 2.13. The molecule has 3 N–H and O–H groups in total. The molecule has 0 aliphatic heterocycles. The zero-order valence-corrected chi connectivity index (χ0v) is 11.0. The van der Waals surface area contributed by atoms with E-state index in [1.807, 2.05) is 0 Å². The first-order valence-electron chi connectivity index (χ1n) is 6.40. The average molecular weight is 226 g/mol. The largest absolute Gasteiger partial charge is 0.354 e. The first-order valence-corrected chi connectivity index (χ1v) is 6.40. The normalized spacial score (nSPS) is 19.9. The lowest BCUT2D eigenvalue weighted by Gasteiger charge is -2.21. The van der Waals surface area contributed by atoms with Crippen molar-refractivity contribution in [2.24, 2.45) is 23.0 Å². The molecule has 94 valence electrons. The molecule has 1 aliphatic rings. The van der Waals surface area contributed by atoms with Crippen LogP contribution in [-0.4, -0.2) is 18.5 Å². The van der Waals surface area contributed by atoms with E-state index in [-0.39, 0.29) is 11.9 Å². The van der Waals surface area contributed by atoms with Crippen LogP contribution in [0.1, 0.15) is 47.0 Å². The highest BCUT2D eigenvalue weighted by atomic mass is 16.2. The van der Waals surface area contributed by atoms with E-state index in [0.29, 0.717) is 17.3 Å². The van der Waals surface area contributed by atoms with Crippen LogP contribution >= 0.6 is 0 Å². The summed E-state index contributed by atoms with van der Waals surface area (Å²) in [7, 11) is 0. The van der Waals surface area contributed by atoms with Gasteiger partial charge in [-0.2, -0.15) is 0 Å². The van der Waals surface area contributed by atoms with Crippen LogP contribution in [0.3, 0.4) is 0 Å². The molecule has 1 rings (SSSR count). The van der Waals surface area contributed by atoms with Gasteiger partial charge in [-0.25, -0.2) is 0 Å². The maximum atomic E-state index is 11.7. The van der Waals surface area contributed by atoms with Gasteiger partial charge in [-0.3, -0.25) is 4.79 Å². The van der Waals surface area contributed by atoms with Crippen LogP contribution in [-0.2, 0) is 4.79 Å². The number of nitrogens with two attached hydrogens (primary N) is 1. The van der Waals surface area contributed by atoms with Crippen LogP contribution in [0.15, 0.2) is 0 Å². The number of carbonyl (C=O) groups is 1. The van der Waals surface area contributed by atoms with Crippen LogP contribution in [0.25, 0.3) is 0 Å². The topological polar surface area (TPSA) is 55.1 Å². The van der Waals surface area contributed by atoms with Gasteiger partial charge >= 0.3 is 0 Å². The molecular formula is C13H26N2O. The first kappa shape index (κ1) is 13.5. The molecule has 1 saturated carbocycles. The molecule has 0 saturated heterocycles. The van der Waals surface area contributed by atoms with E-state index in [0.717, 1.165) is 13.0 Å². The van der Waals surface area contributed by atoms with Gasteiger partial charge in [-0.05, 0) is 36.5 Å². The third-order valence-electron chi connectivity index (χ3n) is 3.79. The quantitative estimate of drug-likeness (QED) is 0.727. The Bertz CT molecular complexity index is 244. The summed E-state index contributed by atoms with van der Waals surface area (Å²) < 4.78 is 0. The van der Waals surface area contributed by atoms with Crippen molar-refractivity contribution >= 4 is 5.91 Å². The smallest absolute Gasteiger partial charge is 0.236 e. The Morgan fingerprint density at radius 2 is 1.88 bits per heavy atom. The van der Waals surface area contributed by atoms with E-state index in [1.54, 1.807) is 0 Å². The summed E-state index contributed by atoms with van der Waals surface area (Å²) in [6.45, 7) is 9.43. The number of carbonyl (C=O) groups excluding carboxylic acids is 1. The maximum absolute atomic E-state index is 11.7. The Balaban J connectivity index is 2.30. The highest BCUT2D eigenvalue weighted by Crippen LogP contribution is 2.51. The Labute approximate surface area is 99.2 Å². The Kier molecular flexibility index (Phi) is 4.36. The lowest BCUT2D eigenvalue weighted by Crippen LogP contribution is -2.44. The van der Waals surface area contributed by atoms with Gasteiger partial charge in [0.15, 0.2) is 0 Å². The Morgan fingerprint density at radius 1 is 1.31 bits per heavy atom. The van der Waals surface area contributed by atoms with Gasteiger partial charge in [0.2, 0.25) is 5.91 Å². The monoisotopic (exact) mass is 226 g/mol. The molecule has 0 aromatic rings. The van der Waals surface area contributed by atoms with Crippen molar-refractivity contribution in [1.29, 1.82) is 0 Å². The van der Waals surface area contributed by atoms with Gasteiger partial charge < -0.3 is 11.1 Å². The number of amides is 1. The predicted octanol–water partition coefficient (Wildman–Crippen LogP) is 1.91. The third-order valence-corrected chi connectivity index (χ3v) is 3.79. The lowest BCUT2D eigenvalue weighted by molar-refractivity contribution is -0.123. The molecule has 1 aliphatic carbocycles. The molecule has 3 nitrogen and oxygen atoms in total. The highest BCUT2D eigenvalue weighted by molar-refractivity contribution is 5.81. The molecule has 0 aromatic heterocycles. The van der Waals surface area contributed by atoms with Crippen LogP contribution in [0, 0.1) is 17.3 Å². The minimum atomic E-state index is -0.344. The van der Waals surface area contributed by atoms with Gasteiger partial charge in [0.25, 0.3) is 0 Å². The first-order chi connectivity index (χ1) is 7.37. The zero-order chi connectivity index (χ0) is 12.3. The van der Waals surface area contributed by atoms with E-state index in [4.69, 9.17) is 5.73 Å². The van der Waals surface area contributed by atoms with Crippen molar-refractivity contribution in [1.82, 2.24) is 5.32 Å². The molecule has 3 heteroatoms. The average Bonchev–Trinajstić information content (AvgIpc) is 2.93. The fraction of sp³-hybridized carbons (Fsp3) is 0.923. The molecule has 0 unspecified atom stereocenters. The molecule has 0 bridgehead atoms. The number of nitrogens with one attached hydrogen (secondary N) is 1. The minimum Gasteiger partial charge on any atom is -0.354 e. The van der Waals surface area contributed by atoms with E-state index in [2.05, 4.69) is 33.0 Å². The van der Waals surface area contributed by atoms with Crippen molar-refractivity contribution < 1.29 is 4.79 Å². The standard InChI is InChI=1S/C13H26N2O/c1-9(2)7-11(14)12(16)15-8-13(5-6-13)10(3)4/h9-11H,5-8,14H2,1-4H3,(H,15,16)/t11-/m1/s1. The van der Waals surface area contributed by atoms with Crippen LogP contribution in [0.5, 0.6) is 0 Å². The van der Waals surface area contributed by atoms with Gasteiger partial charge in [0.05, 0.1) is 6.04 Å². The number of hydrogen-bond acceptors (Lipinski definition) is 2. The number of hydrogen-bond donors (Lipinski definition) is 2. The summed E-state index contributed by atoms with van der Waals surface area (Å²) in [4.78, 5) is 11.7. The summed E-state index contributed by atoms with van der Waals surface area (Å²) in [5, 5.41) is 3.01. The molecule has 0 heterocycles. The number of rotatable bonds is 6. The van der Waals surface area contributed by atoms with E-state index in [1.165, 1.54) is 12.8 Å². The van der Waals surface area contributed by atoms with Crippen LogP contribution in [0.4, 0.5) is 0 Å². The second-order valence-electron chi connectivity index (χ2n) is 5.97. The second kappa shape index (κ2) is 5.17. The predicted molar refractivity (Wildman–Crippen MR) is 66.9 cm³/mol. The van der Waals surface area contributed by atoms with Gasteiger partial charge in [-0.1, -0.05) is 27.7 Å². The molecule has 0 aromatic carbocycles. The molecule has 1 atom stereocenters. The van der Waals surface area contributed by atoms with Gasteiger partial charge in [0.1, 0.15) is 0 Å². The molecule has 1 amide bonds. The van der Waals surface area contributed by atoms with Crippen molar-refractivity contribution in [3.8, 4) is 0 Å². The third kappa shape index (κ3) is 3.48. The van der Waals surface area contributed by atoms with E-state index >= 15 is 0 Å². The maximum Gasteiger partial charge on any atom is 0.236 e. The van der Waals surface area contributed by atoms with E-state index in [9.17, 15) is 4.79 Å². The Hall–Kier alpha value is -0.570. The lowest BCUT2D eigenvalue weighted by atomic mass is 9.92. The zero-order valence-electron chi connectivity index (χ0n) is 11.0. The van der Waals surface area contributed by atoms with Crippen molar-refractivity contribution in [3.05, 3.63) is 0 Å². The summed E-state index contributed by atoms with van der Waals surface area (Å²) >= 11 is 0. The molecule has 1 fully saturated rings. The minimum absolute atomic E-state index is 0.0145. The highest BCUT2D eigenvalue weighted by Gasteiger charge is 2.45. The SMILES string of the molecule is CC(C)C[C@@H](N)C(=O)NCC1(C(C)C)CC1. The van der Waals surface area contributed by atoms with Gasteiger partial charge in [0, 0.05) is 6.54 Å². The summed E-state index contributed by atoms with van der Waals surface area (Å²) in [6.07, 6.45) is 3.25. The summed E-state index contributed by atoms with van der Waals surface area (Å²) in [6, 6.07) is -0.344. The van der Waals surface area contributed by atoms with Crippen LogP contribution < -0.4 is 11.1 Å². The van der Waals surface area contributed by atoms with Crippen molar-refractivity contribution in [2.45, 2.75) is 53.0 Å². The fourth-order valence-corrected chi connectivity index (χ4v) is 2.13. The van der Waals surface area contributed by atoms with E-state index < -0.39 is 0 Å². The van der Waals surface area contributed by atoms with Crippen molar-refractivity contribution in [2.75, 3.05) is 6.54 Å². The summed E-state index contributed by atoms with van der Waals surface area (Å²) in [5.74, 6) is 1.13. The van der Waals surface area contributed by atoms with Gasteiger partial charge in [-0.15, -0.1) is 0 Å². The summed E-state index contributed by atoms with van der Waals surface area (Å²) in [5.41, 5.74) is 6.20. The molecular weight excluding hydrogens is 200 g/mol. The van der Waals surface area contributed by atoms with Crippen LogP contribution in [0.2, 0.25) is 0 Å². The molecule has 0 spiro atoms. The molecule has 16 heavy (non-hydrogen) atoms. The van der Waals surface area contributed by atoms with Crippen molar-refractivity contribution in [3.63, 3.8) is 0 Å². The Morgan fingerprint density at radius 3 is 2.25 bits per heavy atom. The second-order valence-corrected chi connectivity index (χ2v) is 5.97. The molecule has 0 radical (unpaired) electrons.